The van der Waals surface area contributed by atoms with Crippen molar-refractivity contribution in [2.75, 3.05) is 24.6 Å². The van der Waals surface area contributed by atoms with Gasteiger partial charge in [0.05, 0.1) is 12.2 Å². The van der Waals surface area contributed by atoms with Crippen LogP contribution in [0, 0.1) is 5.41 Å². The molecule has 0 amide bonds. The smallest absolute Gasteiger partial charge is 0.161 e. The number of anilines is 1. The molecule has 132 valence electrons. The number of aromatic nitrogens is 2. The second-order valence-electron chi connectivity index (χ2n) is 7.02. The Kier molecular flexibility index (Phi) is 4.44. The summed E-state index contributed by atoms with van der Waals surface area (Å²) in [5.41, 5.74) is 0.977. The van der Waals surface area contributed by atoms with Crippen molar-refractivity contribution in [3.8, 4) is 11.4 Å². The molecule has 1 aliphatic heterocycles. The summed E-state index contributed by atoms with van der Waals surface area (Å²) >= 11 is 0. The molecule has 2 heterocycles. The first kappa shape index (κ1) is 16.5. The Balaban J connectivity index is 1.48. The van der Waals surface area contributed by atoms with Gasteiger partial charge in [0.1, 0.15) is 5.82 Å². The average Bonchev–Trinajstić information content (AvgIpc) is 2.69. The summed E-state index contributed by atoms with van der Waals surface area (Å²) in [6, 6.07) is 12.0. The van der Waals surface area contributed by atoms with Crippen molar-refractivity contribution in [1.82, 2.24) is 9.97 Å². The van der Waals surface area contributed by atoms with Crippen LogP contribution in [0.5, 0.6) is 0 Å². The summed E-state index contributed by atoms with van der Waals surface area (Å²) in [5.74, 6) is 1.72. The number of ether oxygens (including phenoxy) is 1. The number of aliphatic hydroxyl groups excluding tert-OH is 1. The Morgan fingerprint density at radius 3 is 2.64 bits per heavy atom. The van der Waals surface area contributed by atoms with E-state index in [0.29, 0.717) is 0 Å². The van der Waals surface area contributed by atoms with Crippen LogP contribution in [0.4, 0.5) is 5.82 Å². The first-order chi connectivity index (χ1) is 12.2. The molecule has 0 unspecified atom stereocenters. The molecule has 5 nitrogen and oxygen atoms in total. The molecular weight excluding hydrogens is 314 g/mol. The second-order valence-corrected chi connectivity index (χ2v) is 7.02. The van der Waals surface area contributed by atoms with Gasteiger partial charge in [0, 0.05) is 43.3 Å². The number of hydrogen-bond acceptors (Lipinski definition) is 5. The summed E-state index contributed by atoms with van der Waals surface area (Å²) in [6.07, 6.45) is 4.49. The highest BCUT2D eigenvalue weighted by Crippen LogP contribution is 2.51. The second kappa shape index (κ2) is 6.73. The Bertz CT molecular complexity index is 712. The molecule has 1 aromatic carbocycles. The van der Waals surface area contributed by atoms with Crippen LogP contribution in [0.1, 0.15) is 26.2 Å². The maximum Gasteiger partial charge on any atom is 0.161 e. The number of benzene rings is 1. The molecule has 0 bridgehead atoms. The topological polar surface area (TPSA) is 58.5 Å². The van der Waals surface area contributed by atoms with Crippen molar-refractivity contribution in [3.63, 3.8) is 0 Å². The van der Waals surface area contributed by atoms with E-state index in [2.05, 4.69) is 9.88 Å². The standard InChI is InChI=1S/C20H25N3O2/c1-2-25-17-14-16(24)20(17)9-12-23(13-10-20)18-8-11-21-19(22-18)15-6-4-3-5-7-15/h3-8,11,16-17,24H,2,9-10,12-14H2,1H3/t16-,17-/m1/s1. The highest BCUT2D eigenvalue weighted by molar-refractivity contribution is 5.57. The van der Waals surface area contributed by atoms with Crippen LogP contribution in [0.3, 0.4) is 0 Å². The zero-order valence-electron chi connectivity index (χ0n) is 14.6. The zero-order chi connectivity index (χ0) is 17.3. The van der Waals surface area contributed by atoms with E-state index in [1.54, 1.807) is 0 Å². The van der Waals surface area contributed by atoms with Crippen molar-refractivity contribution >= 4 is 5.82 Å². The Morgan fingerprint density at radius 2 is 1.96 bits per heavy atom. The van der Waals surface area contributed by atoms with Crippen molar-refractivity contribution in [1.29, 1.82) is 0 Å². The van der Waals surface area contributed by atoms with E-state index in [9.17, 15) is 5.11 Å². The summed E-state index contributed by atoms with van der Waals surface area (Å²) in [4.78, 5) is 11.5. The van der Waals surface area contributed by atoms with Gasteiger partial charge >= 0.3 is 0 Å². The molecule has 2 aromatic rings. The third kappa shape index (κ3) is 2.92. The predicted octanol–water partition coefficient (Wildman–Crippen LogP) is 2.90. The van der Waals surface area contributed by atoms with Crippen molar-refractivity contribution in [2.45, 2.75) is 38.4 Å². The SMILES string of the molecule is CCO[C@@H]1C[C@@H](O)C12CCN(c1ccnc(-c3ccccc3)n1)CC2. The van der Waals surface area contributed by atoms with Crippen LogP contribution < -0.4 is 4.90 Å². The van der Waals surface area contributed by atoms with E-state index in [1.807, 2.05) is 49.5 Å². The third-order valence-electron chi connectivity index (χ3n) is 5.80. The highest BCUT2D eigenvalue weighted by Gasteiger charge is 2.56. The van der Waals surface area contributed by atoms with Gasteiger partial charge in [0.2, 0.25) is 0 Å². The highest BCUT2D eigenvalue weighted by atomic mass is 16.5. The largest absolute Gasteiger partial charge is 0.392 e. The molecule has 4 rings (SSSR count). The molecule has 2 atom stereocenters. The van der Waals surface area contributed by atoms with E-state index in [0.717, 1.165) is 56.2 Å². The molecule has 1 saturated carbocycles. The lowest BCUT2D eigenvalue weighted by molar-refractivity contribution is -0.199. The zero-order valence-corrected chi connectivity index (χ0v) is 14.6. The number of aliphatic hydroxyl groups is 1. The molecule has 2 aliphatic rings. The lowest BCUT2D eigenvalue weighted by Gasteiger charge is -2.56. The summed E-state index contributed by atoms with van der Waals surface area (Å²) in [7, 11) is 0. The van der Waals surface area contributed by atoms with Gasteiger partial charge in [-0.15, -0.1) is 0 Å². The minimum atomic E-state index is -0.225. The summed E-state index contributed by atoms with van der Waals surface area (Å²) < 4.78 is 5.86. The molecule has 1 spiro atoms. The number of hydrogen-bond donors (Lipinski definition) is 1. The van der Waals surface area contributed by atoms with Gasteiger partial charge in [-0.3, -0.25) is 0 Å². The lowest BCUT2D eigenvalue weighted by Crippen LogP contribution is -2.62. The molecule has 1 N–H and O–H groups in total. The minimum absolute atomic E-state index is 0.0538. The molecule has 1 aromatic heterocycles. The molecule has 1 aliphatic carbocycles. The van der Waals surface area contributed by atoms with Gasteiger partial charge in [-0.1, -0.05) is 30.3 Å². The normalized spacial score (nSPS) is 25.0. The van der Waals surface area contributed by atoms with E-state index in [-0.39, 0.29) is 17.6 Å². The van der Waals surface area contributed by atoms with E-state index in [4.69, 9.17) is 9.72 Å². The monoisotopic (exact) mass is 339 g/mol. The molecule has 2 fully saturated rings. The van der Waals surface area contributed by atoms with Crippen molar-refractivity contribution in [2.24, 2.45) is 5.41 Å². The van der Waals surface area contributed by atoms with Gasteiger partial charge in [0.15, 0.2) is 5.82 Å². The lowest BCUT2D eigenvalue weighted by atomic mass is 9.58. The summed E-state index contributed by atoms with van der Waals surface area (Å²) in [5, 5.41) is 10.3. The van der Waals surface area contributed by atoms with Gasteiger partial charge in [-0.05, 0) is 25.8 Å². The predicted molar refractivity (Wildman–Crippen MR) is 97.4 cm³/mol. The fourth-order valence-corrected chi connectivity index (χ4v) is 4.22. The van der Waals surface area contributed by atoms with Crippen LogP contribution >= 0.6 is 0 Å². The van der Waals surface area contributed by atoms with Crippen LogP contribution in [0.15, 0.2) is 42.6 Å². The maximum atomic E-state index is 10.3. The van der Waals surface area contributed by atoms with Crippen LogP contribution in [-0.2, 0) is 4.74 Å². The van der Waals surface area contributed by atoms with Crippen molar-refractivity contribution in [3.05, 3.63) is 42.6 Å². The van der Waals surface area contributed by atoms with Gasteiger partial charge in [0.25, 0.3) is 0 Å². The van der Waals surface area contributed by atoms with E-state index in [1.165, 1.54) is 0 Å². The van der Waals surface area contributed by atoms with Gasteiger partial charge in [-0.25, -0.2) is 9.97 Å². The van der Waals surface area contributed by atoms with Crippen molar-refractivity contribution < 1.29 is 9.84 Å². The Hall–Kier alpha value is -1.98. The van der Waals surface area contributed by atoms with E-state index < -0.39 is 0 Å². The van der Waals surface area contributed by atoms with E-state index >= 15 is 0 Å². The van der Waals surface area contributed by atoms with Crippen LogP contribution in [-0.4, -0.2) is 47.0 Å². The molecule has 5 heteroatoms. The average molecular weight is 339 g/mol. The first-order valence-electron chi connectivity index (χ1n) is 9.16. The molecule has 0 radical (unpaired) electrons. The Labute approximate surface area is 148 Å². The third-order valence-corrected chi connectivity index (χ3v) is 5.80. The van der Waals surface area contributed by atoms with Gasteiger partial charge < -0.3 is 14.7 Å². The first-order valence-corrected chi connectivity index (χ1v) is 9.16. The molecule has 25 heavy (non-hydrogen) atoms. The number of rotatable bonds is 4. The number of piperidine rings is 1. The molecular formula is C20H25N3O2. The maximum absolute atomic E-state index is 10.3. The van der Waals surface area contributed by atoms with Crippen LogP contribution in [0.2, 0.25) is 0 Å². The Morgan fingerprint density at radius 1 is 1.20 bits per heavy atom. The quantitative estimate of drug-likeness (QED) is 0.928. The fourth-order valence-electron chi connectivity index (χ4n) is 4.22. The minimum Gasteiger partial charge on any atom is -0.392 e. The van der Waals surface area contributed by atoms with Gasteiger partial charge in [-0.2, -0.15) is 0 Å². The number of nitrogens with zero attached hydrogens (tertiary/aromatic N) is 3. The van der Waals surface area contributed by atoms with Crippen LogP contribution in [0.25, 0.3) is 11.4 Å². The summed E-state index contributed by atoms with van der Waals surface area (Å²) in [6.45, 7) is 4.53. The molecule has 1 saturated heterocycles. The fraction of sp³-hybridized carbons (Fsp3) is 0.500.